The molecule has 1 aromatic carbocycles. The Morgan fingerprint density at radius 1 is 1.18 bits per heavy atom. The summed E-state index contributed by atoms with van der Waals surface area (Å²) in [7, 11) is 0. The minimum absolute atomic E-state index is 0.283. The predicted molar refractivity (Wildman–Crippen MR) is 82.0 cm³/mol. The van der Waals surface area contributed by atoms with E-state index in [1.165, 1.54) is 11.1 Å². The third-order valence-corrected chi connectivity index (χ3v) is 6.72. The van der Waals surface area contributed by atoms with E-state index in [0.29, 0.717) is 35.5 Å². The second kappa shape index (κ2) is 4.81. The van der Waals surface area contributed by atoms with Gasteiger partial charge in [-0.2, -0.15) is 8.78 Å². The fourth-order valence-electron chi connectivity index (χ4n) is 5.69. The van der Waals surface area contributed by atoms with Gasteiger partial charge in [0.1, 0.15) is 5.75 Å². The first-order chi connectivity index (χ1) is 10.5. The summed E-state index contributed by atoms with van der Waals surface area (Å²) in [6, 6.07) is 5.72. The molecule has 0 spiro atoms. The van der Waals surface area contributed by atoms with E-state index >= 15 is 0 Å². The number of benzene rings is 1. The Kier molecular flexibility index (Phi) is 3.11. The van der Waals surface area contributed by atoms with Crippen LogP contribution < -0.4 is 0 Å². The molecule has 1 nitrogen and oxygen atoms in total. The Bertz CT molecular complexity index is 647. The average molecular weight is 304 g/mol. The summed E-state index contributed by atoms with van der Waals surface area (Å²) < 4.78 is 26.6. The average Bonchev–Trinajstić information content (AvgIpc) is 2.84. The standard InChI is InChI=1S/C19H22F2O/c1-19-9-8-14-13-5-3-12(22)10-11(13)2-4-15(14)16(19)6-7-17(19)18(20)21/h3,5,10,14-16,22H,2,4,6-9H2,1H3/t14-,15-,16+,19+/m1/s1. The molecular weight excluding hydrogens is 282 g/mol. The summed E-state index contributed by atoms with van der Waals surface area (Å²) in [6.45, 7) is 2.07. The summed E-state index contributed by atoms with van der Waals surface area (Å²) >= 11 is 0. The molecule has 0 saturated heterocycles. The molecule has 118 valence electrons. The van der Waals surface area contributed by atoms with Crippen LogP contribution >= 0.6 is 0 Å². The molecule has 0 aliphatic heterocycles. The Morgan fingerprint density at radius 2 is 2.00 bits per heavy atom. The van der Waals surface area contributed by atoms with E-state index in [4.69, 9.17) is 0 Å². The van der Waals surface area contributed by atoms with Gasteiger partial charge in [0, 0.05) is 5.57 Å². The summed E-state index contributed by atoms with van der Waals surface area (Å²) in [5.41, 5.74) is 2.77. The first kappa shape index (κ1) is 14.2. The van der Waals surface area contributed by atoms with Crippen molar-refractivity contribution in [3.63, 3.8) is 0 Å². The number of aryl methyl sites for hydroxylation is 1. The normalized spacial score (nSPS) is 36.5. The molecular formula is C19H22F2O. The van der Waals surface area contributed by atoms with Crippen LogP contribution in [0, 0.1) is 17.3 Å². The molecule has 2 saturated carbocycles. The van der Waals surface area contributed by atoms with Crippen LogP contribution in [0.4, 0.5) is 8.78 Å². The molecule has 0 unspecified atom stereocenters. The minimum atomic E-state index is -1.43. The van der Waals surface area contributed by atoms with Crippen LogP contribution in [-0.4, -0.2) is 5.11 Å². The van der Waals surface area contributed by atoms with Crippen molar-refractivity contribution in [3.8, 4) is 5.75 Å². The maximum absolute atomic E-state index is 13.3. The maximum Gasteiger partial charge on any atom is 0.270 e. The van der Waals surface area contributed by atoms with E-state index in [-0.39, 0.29) is 5.41 Å². The first-order valence-corrected chi connectivity index (χ1v) is 8.37. The third-order valence-electron chi connectivity index (χ3n) is 6.72. The molecule has 0 bridgehead atoms. The number of aromatic hydroxyl groups is 1. The number of rotatable bonds is 0. The molecule has 0 heterocycles. The number of phenols is 1. The molecule has 4 atom stereocenters. The van der Waals surface area contributed by atoms with Crippen molar-refractivity contribution in [2.75, 3.05) is 0 Å². The minimum Gasteiger partial charge on any atom is -0.508 e. The van der Waals surface area contributed by atoms with Crippen LogP contribution in [0.5, 0.6) is 5.75 Å². The highest BCUT2D eigenvalue weighted by Crippen LogP contribution is 2.63. The molecule has 2 fully saturated rings. The zero-order chi connectivity index (χ0) is 15.5. The Hall–Kier alpha value is -1.38. The summed E-state index contributed by atoms with van der Waals surface area (Å²) in [5.74, 6) is 1.74. The van der Waals surface area contributed by atoms with Gasteiger partial charge in [0.05, 0.1) is 0 Å². The molecule has 22 heavy (non-hydrogen) atoms. The third kappa shape index (κ3) is 1.87. The number of allylic oxidation sites excluding steroid dienone is 1. The zero-order valence-electron chi connectivity index (χ0n) is 12.9. The van der Waals surface area contributed by atoms with Crippen molar-refractivity contribution in [1.29, 1.82) is 0 Å². The Balaban J connectivity index is 1.72. The quantitative estimate of drug-likeness (QED) is 0.680. The van der Waals surface area contributed by atoms with E-state index in [1.54, 1.807) is 6.07 Å². The van der Waals surface area contributed by atoms with Crippen molar-refractivity contribution in [2.24, 2.45) is 17.3 Å². The van der Waals surface area contributed by atoms with Crippen LogP contribution in [0.15, 0.2) is 29.9 Å². The van der Waals surface area contributed by atoms with Crippen molar-refractivity contribution < 1.29 is 13.9 Å². The molecule has 3 heteroatoms. The molecule has 1 N–H and O–H groups in total. The number of hydrogen-bond donors (Lipinski definition) is 1. The lowest BCUT2D eigenvalue weighted by Gasteiger charge is -2.49. The van der Waals surface area contributed by atoms with Gasteiger partial charge in [0.15, 0.2) is 0 Å². The van der Waals surface area contributed by atoms with E-state index < -0.39 is 6.08 Å². The second-order valence-electron chi connectivity index (χ2n) is 7.53. The van der Waals surface area contributed by atoms with E-state index in [1.807, 2.05) is 6.07 Å². The summed E-state index contributed by atoms with van der Waals surface area (Å²) in [4.78, 5) is 0. The molecule has 3 aliphatic rings. The fourth-order valence-corrected chi connectivity index (χ4v) is 5.69. The largest absolute Gasteiger partial charge is 0.508 e. The molecule has 0 aromatic heterocycles. The number of halogens is 2. The monoisotopic (exact) mass is 304 g/mol. The van der Waals surface area contributed by atoms with Gasteiger partial charge in [-0.1, -0.05) is 13.0 Å². The van der Waals surface area contributed by atoms with Crippen molar-refractivity contribution >= 4 is 0 Å². The molecule has 1 aromatic rings. The fraction of sp³-hybridized carbons (Fsp3) is 0.579. The van der Waals surface area contributed by atoms with Crippen molar-refractivity contribution in [2.45, 2.75) is 51.4 Å². The van der Waals surface area contributed by atoms with E-state index in [9.17, 15) is 13.9 Å². The number of phenolic OH excluding ortho intramolecular Hbond substituents is 1. The SMILES string of the molecule is C[C@]12CC[C@@H]3c4ccc(O)cc4CC[C@H]3[C@@H]1CCC2=C(F)F. The van der Waals surface area contributed by atoms with Gasteiger partial charge in [0.25, 0.3) is 6.08 Å². The Morgan fingerprint density at radius 3 is 2.77 bits per heavy atom. The van der Waals surface area contributed by atoms with Crippen LogP contribution in [0.3, 0.4) is 0 Å². The van der Waals surface area contributed by atoms with Gasteiger partial charge in [0.2, 0.25) is 0 Å². The van der Waals surface area contributed by atoms with Crippen molar-refractivity contribution in [3.05, 3.63) is 41.0 Å². The lowest BCUT2D eigenvalue weighted by Crippen LogP contribution is -2.40. The lowest BCUT2D eigenvalue weighted by atomic mass is 9.55. The van der Waals surface area contributed by atoms with Gasteiger partial charge < -0.3 is 5.11 Å². The van der Waals surface area contributed by atoms with E-state index in [0.717, 1.165) is 32.1 Å². The van der Waals surface area contributed by atoms with Gasteiger partial charge in [-0.3, -0.25) is 0 Å². The lowest BCUT2D eigenvalue weighted by molar-refractivity contribution is 0.0783. The molecule has 4 rings (SSSR count). The number of hydrogen-bond acceptors (Lipinski definition) is 1. The highest BCUT2D eigenvalue weighted by molar-refractivity contribution is 5.40. The Labute approximate surface area is 130 Å². The first-order valence-electron chi connectivity index (χ1n) is 8.37. The highest BCUT2D eigenvalue weighted by Gasteiger charge is 2.53. The van der Waals surface area contributed by atoms with Crippen molar-refractivity contribution in [1.82, 2.24) is 0 Å². The topological polar surface area (TPSA) is 20.2 Å². The molecule has 0 amide bonds. The smallest absolute Gasteiger partial charge is 0.270 e. The maximum atomic E-state index is 13.3. The van der Waals surface area contributed by atoms with Gasteiger partial charge in [-0.25, -0.2) is 0 Å². The summed E-state index contributed by atoms with van der Waals surface area (Å²) in [5, 5.41) is 9.68. The van der Waals surface area contributed by atoms with Crippen LogP contribution in [-0.2, 0) is 6.42 Å². The predicted octanol–water partition coefficient (Wildman–Crippen LogP) is 5.40. The van der Waals surface area contributed by atoms with Gasteiger partial charge >= 0.3 is 0 Å². The van der Waals surface area contributed by atoms with Crippen LogP contribution in [0.25, 0.3) is 0 Å². The van der Waals surface area contributed by atoms with E-state index in [2.05, 4.69) is 13.0 Å². The van der Waals surface area contributed by atoms with Gasteiger partial charge in [-0.15, -0.1) is 0 Å². The molecule has 3 aliphatic carbocycles. The molecule has 0 radical (unpaired) electrons. The zero-order valence-corrected chi connectivity index (χ0v) is 12.9. The highest BCUT2D eigenvalue weighted by atomic mass is 19.3. The summed E-state index contributed by atoms with van der Waals surface area (Å²) in [6.07, 6.45) is 3.96. The second-order valence-corrected chi connectivity index (χ2v) is 7.53. The van der Waals surface area contributed by atoms with Gasteiger partial charge in [-0.05, 0) is 85.0 Å². The van der Waals surface area contributed by atoms with Crippen LogP contribution in [0.1, 0.15) is 56.1 Å². The van der Waals surface area contributed by atoms with Crippen LogP contribution in [0.2, 0.25) is 0 Å². The number of fused-ring (bicyclic) bond motifs is 5.